The summed E-state index contributed by atoms with van der Waals surface area (Å²) in [6.45, 7) is 18.2. The Morgan fingerprint density at radius 2 is 1.44 bits per heavy atom. The van der Waals surface area contributed by atoms with Crippen LogP contribution >= 0.6 is 0 Å². The highest BCUT2D eigenvalue weighted by molar-refractivity contribution is 5.88. The van der Waals surface area contributed by atoms with Gasteiger partial charge in [0.05, 0.1) is 6.61 Å². The van der Waals surface area contributed by atoms with Crippen LogP contribution in [-0.2, 0) is 4.79 Å². The van der Waals surface area contributed by atoms with E-state index in [4.69, 9.17) is 4.74 Å². The van der Waals surface area contributed by atoms with Gasteiger partial charge in [-0.2, -0.15) is 0 Å². The summed E-state index contributed by atoms with van der Waals surface area (Å²) in [6.07, 6.45) is 0.745. The van der Waals surface area contributed by atoms with Crippen LogP contribution in [0.5, 0.6) is 5.75 Å². The summed E-state index contributed by atoms with van der Waals surface area (Å²) in [6, 6.07) is 7.29. The standard InChI is InChI=1S/C24H43N5O3/c1-6-27(7-2)17-15-25-24(31)29(19-18-28(8-3)9-4)16-10-20-32-23-13-11-22(12-14-23)26-21(5)30/h11-14H,6-10,15-20H2,1-5H3,(H,25,31)(H,26,30). The third-order valence-corrected chi connectivity index (χ3v) is 5.48. The van der Waals surface area contributed by atoms with Crippen molar-refractivity contribution in [2.24, 2.45) is 0 Å². The molecule has 0 bridgehead atoms. The highest BCUT2D eigenvalue weighted by Gasteiger charge is 2.14. The summed E-state index contributed by atoms with van der Waals surface area (Å²) in [4.78, 5) is 30.4. The maximum Gasteiger partial charge on any atom is 0.317 e. The van der Waals surface area contributed by atoms with Crippen molar-refractivity contribution in [3.05, 3.63) is 24.3 Å². The number of likely N-dealkylation sites (N-methyl/N-ethyl adjacent to an activating group) is 2. The topological polar surface area (TPSA) is 77.1 Å². The normalized spacial score (nSPS) is 11.0. The van der Waals surface area contributed by atoms with Crippen LogP contribution < -0.4 is 15.4 Å². The molecule has 0 aliphatic carbocycles. The van der Waals surface area contributed by atoms with Gasteiger partial charge in [0.15, 0.2) is 0 Å². The Hall–Kier alpha value is -2.32. The predicted octanol–water partition coefficient (Wildman–Crippen LogP) is 3.11. The van der Waals surface area contributed by atoms with Crippen molar-refractivity contribution in [1.82, 2.24) is 20.0 Å². The summed E-state index contributed by atoms with van der Waals surface area (Å²) in [5.74, 6) is 0.649. The second-order valence-electron chi connectivity index (χ2n) is 7.68. The van der Waals surface area contributed by atoms with Gasteiger partial charge in [0.2, 0.25) is 5.91 Å². The molecule has 0 radical (unpaired) electrons. The van der Waals surface area contributed by atoms with E-state index in [0.29, 0.717) is 26.2 Å². The summed E-state index contributed by atoms with van der Waals surface area (Å²) in [5.41, 5.74) is 0.744. The smallest absolute Gasteiger partial charge is 0.317 e. The number of hydrogen-bond donors (Lipinski definition) is 2. The van der Waals surface area contributed by atoms with E-state index in [1.54, 1.807) is 0 Å². The van der Waals surface area contributed by atoms with Gasteiger partial charge in [-0.05, 0) is 56.9 Å². The first-order chi connectivity index (χ1) is 15.4. The molecular formula is C24H43N5O3. The number of amides is 3. The van der Waals surface area contributed by atoms with Crippen LogP contribution in [-0.4, -0.2) is 92.1 Å². The second-order valence-corrected chi connectivity index (χ2v) is 7.68. The van der Waals surface area contributed by atoms with Gasteiger partial charge in [-0.15, -0.1) is 0 Å². The number of benzene rings is 1. The molecule has 3 amide bonds. The molecule has 0 aliphatic rings. The van der Waals surface area contributed by atoms with Crippen LogP contribution in [0, 0.1) is 0 Å². The van der Waals surface area contributed by atoms with Crippen molar-refractivity contribution in [2.75, 3.05) is 70.8 Å². The number of nitrogens with zero attached hydrogens (tertiary/aromatic N) is 3. The van der Waals surface area contributed by atoms with Crippen molar-refractivity contribution < 1.29 is 14.3 Å². The molecule has 0 saturated carbocycles. The minimum atomic E-state index is -0.0983. The molecule has 2 N–H and O–H groups in total. The molecule has 1 aromatic rings. The molecule has 0 spiro atoms. The Morgan fingerprint density at radius 3 is 2.00 bits per heavy atom. The van der Waals surface area contributed by atoms with E-state index in [1.807, 2.05) is 29.2 Å². The average Bonchev–Trinajstić information content (AvgIpc) is 2.79. The van der Waals surface area contributed by atoms with Crippen LogP contribution in [0.15, 0.2) is 24.3 Å². The van der Waals surface area contributed by atoms with Crippen molar-refractivity contribution in [1.29, 1.82) is 0 Å². The average molecular weight is 450 g/mol. The minimum absolute atomic E-state index is 0.0102. The lowest BCUT2D eigenvalue weighted by molar-refractivity contribution is -0.114. The fourth-order valence-corrected chi connectivity index (χ4v) is 3.37. The van der Waals surface area contributed by atoms with E-state index in [0.717, 1.165) is 57.1 Å². The number of nitrogens with one attached hydrogen (secondary N) is 2. The maximum absolute atomic E-state index is 12.8. The Kier molecular flexibility index (Phi) is 14.1. The monoisotopic (exact) mass is 449 g/mol. The Labute approximate surface area is 194 Å². The van der Waals surface area contributed by atoms with Gasteiger partial charge in [-0.1, -0.05) is 27.7 Å². The number of rotatable bonds is 16. The molecule has 0 fully saturated rings. The van der Waals surface area contributed by atoms with Gasteiger partial charge >= 0.3 is 6.03 Å². The summed E-state index contributed by atoms with van der Waals surface area (Å²) in [7, 11) is 0. The van der Waals surface area contributed by atoms with E-state index in [1.165, 1.54) is 6.92 Å². The van der Waals surface area contributed by atoms with Crippen molar-refractivity contribution in [3.8, 4) is 5.75 Å². The number of urea groups is 1. The number of carbonyl (C=O) groups excluding carboxylic acids is 2. The second kappa shape index (κ2) is 16.3. The van der Waals surface area contributed by atoms with Crippen LogP contribution in [0.4, 0.5) is 10.5 Å². The third kappa shape index (κ3) is 11.3. The minimum Gasteiger partial charge on any atom is -0.494 e. The number of carbonyl (C=O) groups is 2. The van der Waals surface area contributed by atoms with E-state index in [9.17, 15) is 9.59 Å². The molecule has 8 nitrogen and oxygen atoms in total. The van der Waals surface area contributed by atoms with Crippen LogP contribution in [0.1, 0.15) is 41.0 Å². The molecule has 32 heavy (non-hydrogen) atoms. The number of ether oxygens (including phenoxy) is 1. The molecule has 1 rings (SSSR count). The SMILES string of the molecule is CCN(CC)CCNC(=O)N(CCCOc1ccc(NC(C)=O)cc1)CCN(CC)CC. The van der Waals surface area contributed by atoms with E-state index >= 15 is 0 Å². The third-order valence-electron chi connectivity index (χ3n) is 5.48. The largest absolute Gasteiger partial charge is 0.494 e. The molecule has 0 heterocycles. The van der Waals surface area contributed by atoms with Gasteiger partial charge in [0.1, 0.15) is 5.75 Å². The fourth-order valence-electron chi connectivity index (χ4n) is 3.37. The first-order valence-corrected chi connectivity index (χ1v) is 11.9. The predicted molar refractivity (Wildman–Crippen MR) is 131 cm³/mol. The molecule has 182 valence electrons. The molecule has 0 aliphatic heterocycles. The maximum atomic E-state index is 12.8. The van der Waals surface area contributed by atoms with Gasteiger partial charge in [-0.3, -0.25) is 4.79 Å². The zero-order valence-electron chi connectivity index (χ0n) is 20.7. The Bertz CT molecular complexity index is 646. The lowest BCUT2D eigenvalue weighted by atomic mass is 10.3. The van der Waals surface area contributed by atoms with Gasteiger partial charge in [0.25, 0.3) is 0 Å². The van der Waals surface area contributed by atoms with E-state index in [-0.39, 0.29) is 11.9 Å². The van der Waals surface area contributed by atoms with Crippen LogP contribution in [0.25, 0.3) is 0 Å². The van der Waals surface area contributed by atoms with Crippen molar-refractivity contribution in [2.45, 2.75) is 41.0 Å². The zero-order chi connectivity index (χ0) is 23.8. The number of hydrogen-bond acceptors (Lipinski definition) is 5. The molecule has 0 aromatic heterocycles. The molecule has 0 saturated heterocycles. The Balaban J connectivity index is 2.51. The zero-order valence-corrected chi connectivity index (χ0v) is 20.7. The molecule has 0 atom stereocenters. The lowest BCUT2D eigenvalue weighted by Crippen LogP contribution is -2.46. The first-order valence-electron chi connectivity index (χ1n) is 11.9. The summed E-state index contributed by atoms with van der Waals surface area (Å²) in [5, 5.41) is 5.81. The molecular weight excluding hydrogens is 406 g/mol. The van der Waals surface area contributed by atoms with Gasteiger partial charge < -0.3 is 30.1 Å². The number of anilines is 1. The lowest BCUT2D eigenvalue weighted by Gasteiger charge is -2.27. The van der Waals surface area contributed by atoms with E-state index in [2.05, 4.69) is 48.1 Å². The van der Waals surface area contributed by atoms with Gasteiger partial charge in [0, 0.05) is 45.3 Å². The molecule has 0 unspecified atom stereocenters. The van der Waals surface area contributed by atoms with Gasteiger partial charge in [-0.25, -0.2) is 4.79 Å². The highest BCUT2D eigenvalue weighted by Crippen LogP contribution is 2.15. The highest BCUT2D eigenvalue weighted by atomic mass is 16.5. The van der Waals surface area contributed by atoms with Crippen molar-refractivity contribution in [3.63, 3.8) is 0 Å². The Morgan fingerprint density at radius 1 is 0.844 bits per heavy atom. The molecule has 1 aromatic carbocycles. The first kappa shape index (κ1) is 27.7. The summed E-state index contributed by atoms with van der Waals surface area (Å²) >= 11 is 0. The quantitative estimate of drug-likeness (QED) is 0.379. The van der Waals surface area contributed by atoms with Crippen LogP contribution in [0.2, 0.25) is 0 Å². The van der Waals surface area contributed by atoms with Crippen LogP contribution in [0.3, 0.4) is 0 Å². The summed E-state index contributed by atoms with van der Waals surface area (Å²) < 4.78 is 5.82. The van der Waals surface area contributed by atoms with Crippen molar-refractivity contribution >= 4 is 17.6 Å². The van der Waals surface area contributed by atoms with E-state index < -0.39 is 0 Å². The molecule has 8 heteroatoms. The fraction of sp³-hybridized carbons (Fsp3) is 0.667.